The van der Waals surface area contributed by atoms with Gasteiger partial charge in [-0.15, -0.1) is 0 Å². The Morgan fingerprint density at radius 3 is 2.65 bits per heavy atom. The summed E-state index contributed by atoms with van der Waals surface area (Å²) >= 11 is 0. The van der Waals surface area contributed by atoms with E-state index in [9.17, 15) is 14.7 Å². The van der Waals surface area contributed by atoms with Gasteiger partial charge in [-0.3, -0.25) is 15.3 Å². The minimum atomic E-state index is -0.907. The van der Waals surface area contributed by atoms with Crippen molar-refractivity contribution in [3.8, 4) is 23.0 Å². The van der Waals surface area contributed by atoms with Crippen molar-refractivity contribution in [3.63, 3.8) is 0 Å². The molecule has 0 saturated carbocycles. The minimum Gasteiger partial charge on any atom is -0.504 e. The largest absolute Gasteiger partial charge is 0.504 e. The Bertz CT molecular complexity index is 1040. The number of benzene rings is 2. The fraction of sp³-hybridized carbons (Fsp3) is 0.304. The Labute approximate surface area is 195 Å². The molecular formula is C23H26N2O9. The Morgan fingerprint density at radius 1 is 1.15 bits per heavy atom. The number of methoxy groups -OCH3 is 2. The molecule has 0 bridgehead atoms. The van der Waals surface area contributed by atoms with E-state index in [0.29, 0.717) is 35.6 Å². The molecule has 11 nitrogen and oxygen atoms in total. The van der Waals surface area contributed by atoms with Gasteiger partial charge in [-0.2, -0.15) is 0 Å². The smallest absolute Gasteiger partial charge is 0.412 e. The third-order valence-corrected chi connectivity index (χ3v) is 5.02. The molecule has 0 fully saturated rings. The van der Waals surface area contributed by atoms with Crippen molar-refractivity contribution in [3.05, 3.63) is 54.1 Å². The molecule has 1 aliphatic heterocycles. The fourth-order valence-electron chi connectivity index (χ4n) is 3.36. The van der Waals surface area contributed by atoms with Crippen molar-refractivity contribution in [1.29, 1.82) is 0 Å². The average molecular weight is 474 g/mol. The summed E-state index contributed by atoms with van der Waals surface area (Å²) in [4.78, 5) is 23.9. The van der Waals surface area contributed by atoms with E-state index in [1.54, 1.807) is 36.4 Å². The Balaban J connectivity index is 1.77. The molecule has 3 rings (SSSR count). The van der Waals surface area contributed by atoms with E-state index in [1.807, 2.05) is 0 Å². The first-order valence-corrected chi connectivity index (χ1v) is 10.3. The summed E-state index contributed by atoms with van der Waals surface area (Å²) < 4.78 is 26.9. The molecule has 11 heteroatoms. The van der Waals surface area contributed by atoms with Crippen LogP contribution in [0.4, 0.5) is 10.5 Å². The molecule has 2 aromatic rings. The van der Waals surface area contributed by atoms with Crippen molar-refractivity contribution < 1.29 is 43.6 Å². The number of aromatic hydroxyl groups is 1. The fourth-order valence-corrected chi connectivity index (χ4v) is 3.36. The number of hydrogen-bond donors (Lipinski definition) is 4. The van der Waals surface area contributed by atoms with E-state index < -0.39 is 24.2 Å². The van der Waals surface area contributed by atoms with Gasteiger partial charge in [0.05, 0.1) is 13.2 Å². The normalized spacial score (nSPS) is 13.9. The van der Waals surface area contributed by atoms with Crippen LogP contribution in [-0.4, -0.2) is 49.4 Å². The van der Waals surface area contributed by atoms with Crippen LogP contribution >= 0.6 is 0 Å². The van der Waals surface area contributed by atoms with E-state index in [4.69, 9.17) is 28.9 Å². The van der Waals surface area contributed by atoms with Gasteiger partial charge in [0.1, 0.15) is 0 Å². The number of fused-ring (bicyclic) bond motifs is 1. The molecule has 1 heterocycles. The number of nitrogens with one attached hydrogen (secondary N) is 2. The number of carbonyl (C=O) groups excluding carboxylic acids is 2. The summed E-state index contributed by atoms with van der Waals surface area (Å²) in [7, 11) is 2.89. The molecule has 0 aromatic heterocycles. The highest BCUT2D eigenvalue weighted by Gasteiger charge is 2.28. The zero-order valence-corrected chi connectivity index (χ0v) is 18.6. The molecule has 1 aliphatic rings. The van der Waals surface area contributed by atoms with E-state index in [0.717, 1.165) is 0 Å². The molecule has 34 heavy (non-hydrogen) atoms. The number of ether oxygens (including phenoxy) is 5. The van der Waals surface area contributed by atoms with Crippen LogP contribution in [0.25, 0.3) is 0 Å². The van der Waals surface area contributed by atoms with Crippen LogP contribution in [0.5, 0.6) is 23.0 Å². The average Bonchev–Trinajstić information content (AvgIpc) is 3.30. The van der Waals surface area contributed by atoms with Gasteiger partial charge in [0.2, 0.25) is 6.79 Å². The van der Waals surface area contributed by atoms with E-state index in [2.05, 4.69) is 5.32 Å². The number of phenols is 1. The minimum absolute atomic E-state index is 0.107. The SMILES string of the molecule is COc1ccc([C@H](OC(=O)Nc2ccc3c(c2)OCO3)[C@H](CC/C=C/C(=O)NO)OC)cc1O. The number of rotatable bonds is 10. The number of anilines is 1. The highest BCUT2D eigenvalue weighted by atomic mass is 16.7. The number of carbonyl (C=O) groups is 2. The van der Waals surface area contributed by atoms with Crippen molar-refractivity contribution in [2.24, 2.45) is 0 Å². The molecule has 2 amide bonds. The van der Waals surface area contributed by atoms with Gasteiger partial charge < -0.3 is 28.8 Å². The first kappa shape index (κ1) is 24.7. The summed E-state index contributed by atoms with van der Waals surface area (Å²) in [5, 5.41) is 21.5. The van der Waals surface area contributed by atoms with Crippen molar-refractivity contribution in [1.82, 2.24) is 5.48 Å². The van der Waals surface area contributed by atoms with E-state index in [1.165, 1.54) is 31.8 Å². The van der Waals surface area contributed by atoms with Gasteiger partial charge >= 0.3 is 6.09 Å². The van der Waals surface area contributed by atoms with Crippen LogP contribution in [-0.2, 0) is 14.3 Å². The van der Waals surface area contributed by atoms with Crippen LogP contribution in [0.3, 0.4) is 0 Å². The Morgan fingerprint density at radius 2 is 1.94 bits per heavy atom. The predicted octanol–water partition coefficient (Wildman–Crippen LogP) is 3.28. The molecule has 0 spiro atoms. The topological polar surface area (TPSA) is 145 Å². The first-order valence-electron chi connectivity index (χ1n) is 10.3. The van der Waals surface area contributed by atoms with Crippen molar-refractivity contribution in [2.75, 3.05) is 26.3 Å². The molecular weight excluding hydrogens is 448 g/mol. The second kappa shape index (κ2) is 11.8. The highest BCUT2D eigenvalue weighted by molar-refractivity contribution is 5.86. The van der Waals surface area contributed by atoms with Crippen LogP contribution < -0.4 is 25.0 Å². The molecule has 182 valence electrons. The number of amides is 2. The lowest BCUT2D eigenvalue weighted by Crippen LogP contribution is -2.28. The Hall–Kier alpha value is -3.96. The second-order valence-corrected chi connectivity index (χ2v) is 7.18. The molecule has 2 atom stereocenters. The third kappa shape index (κ3) is 6.30. The first-order chi connectivity index (χ1) is 16.4. The summed E-state index contributed by atoms with van der Waals surface area (Å²) in [5.41, 5.74) is 2.42. The lowest BCUT2D eigenvalue weighted by molar-refractivity contribution is -0.124. The molecule has 2 aromatic carbocycles. The molecule has 0 aliphatic carbocycles. The lowest BCUT2D eigenvalue weighted by Gasteiger charge is -2.26. The molecule has 0 saturated heterocycles. The second-order valence-electron chi connectivity index (χ2n) is 7.18. The lowest BCUT2D eigenvalue weighted by atomic mass is 9.99. The Kier molecular flexibility index (Phi) is 8.54. The maximum absolute atomic E-state index is 12.7. The van der Waals surface area contributed by atoms with Gasteiger partial charge in [0.25, 0.3) is 5.91 Å². The van der Waals surface area contributed by atoms with Crippen LogP contribution in [0.2, 0.25) is 0 Å². The monoisotopic (exact) mass is 474 g/mol. The quantitative estimate of drug-likeness (QED) is 0.232. The van der Waals surface area contributed by atoms with Gasteiger partial charge in [-0.25, -0.2) is 10.3 Å². The zero-order valence-electron chi connectivity index (χ0n) is 18.6. The zero-order chi connectivity index (χ0) is 24.5. The maximum Gasteiger partial charge on any atom is 0.412 e. The molecule has 0 radical (unpaired) electrons. The maximum atomic E-state index is 12.7. The number of hydrogen-bond acceptors (Lipinski definition) is 9. The van der Waals surface area contributed by atoms with Gasteiger partial charge in [0, 0.05) is 24.9 Å². The number of allylic oxidation sites excluding steroid dienone is 1. The van der Waals surface area contributed by atoms with Gasteiger partial charge in [-0.1, -0.05) is 12.1 Å². The highest BCUT2D eigenvalue weighted by Crippen LogP contribution is 2.36. The standard InChI is InChI=1S/C23H26N2O9/c1-30-17-9-7-14(11-16(17)26)22(19(31-2)5-3-4-6-21(27)25-29)34-23(28)24-15-8-10-18-20(12-15)33-13-32-18/h4,6-12,19,22,26,29H,3,5,13H2,1-2H3,(H,24,28)(H,25,27)/b6-4+/t19-,22-/m0/s1. The van der Waals surface area contributed by atoms with Crippen LogP contribution in [0, 0.1) is 0 Å². The van der Waals surface area contributed by atoms with E-state index in [-0.39, 0.29) is 18.3 Å². The summed E-state index contributed by atoms with van der Waals surface area (Å²) in [6.45, 7) is 0.107. The summed E-state index contributed by atoms with van der Waals surface area (Å²) in [6, 6.07) is 9.56. The molecule has 4 N–H and O–H groups in total. The number of hydroxylamine groups is 1. The van der Waals surface area contributed by atoms with Crippen LogP contribution in [0.15, 0.2) is 48.6 Å². The predicted molar refractivity (Wildman–Crippen MR) is 119 cm³/mol. The van der Waals surface area contributed by atoms with Crippen molar-refractivity contribution >= 4 is 17.7 Å². The third-order valence-electron chi connectivity index (χ3n) is 5.02. The van der Waals surface area contributed by atoms with Gasteiger partial charge in [0.15, 0.2) is 29.1 Å². The van der Waals surface area contributed by atoms with E-state index >= 15 is 0 Å². The molecule has 0 unspecified atom stereocenters. The summed E-state index contributed by atoms with van der Waals surface area (Å²) in [5.74, 6) is 0.555. The van der Waals surface area contributed by atoms with Gasteiger partial charge in [-0.05, 0) is 42.7 Å². The van der Waals surface area contributed by atoms with Crippen molar-refractivity contribution in [2.45, 2.75) is 25.0 Å². The van der Waals surface area contributed by atoms with Crippen LogP contribution in [0.1, 0.15) is 24.5 Å². The number of phenolic OH excluding ortho intramolecular Hbond substituents is 1. The summed E-state index contributed by atoms with van der Waals surface area (Å²) in [6.07, 6.45) is 1.18.